The lowest BCUT2D eigenvalue weighted by Gasteiger charge is -1.99. The standard InChI is InChI=1S/C12H7F3N4/c13-7-4-3-6(9(14)10(7)15)11-17-12-8(16)2-1-5-19(12)18-11/h1-5H,16H2. The van der Waals surface area contributed by atoms with E-state index < -0.39 is 17.5 Å². The van der Waals surface area contributed by atoms with Gasteiger partial charge in [0.25, 0.3) is 0 Å². The highest BCUT2D eigenvalue weighted by atomic mass is 19.2. The van der Waals surface area contributed by atoms with Crippen molar-refractivity contribution in [2.75, 3.05) is 5.73 Å². The number of anilines is 1. The van der Waals surface area contributed by atoms with Crippen LogP contribution in [0.1, 0.15) is 0 Å². The summed E-state index contributed by atoms with van der Waals surface area (Å²) < 4.78 is 41.0. The van der Waals surface area contributed by atoms with Crippen LogP contribution in [-0.4, -0.2) is 14.6 Å². The number of nitrogen functional groups attached to an aromatic ring is 1. The van der Waals surface area contributed by atoms with E-state index in [1.54, 1.807) is 18.3 Å². The lowest BCUT2D eigenvalue weighted by molar-refractivity contribution is 0.448. The Morgan fingerprint density at radius 3 is 2.58 bits per heavy atom. The number of fused-ring (bicyclic) bond motifs is 1. The molecule has 0 atom stereocenters. The van der Waals surface area contributed by atoms with Crippen molar-refractivity contribution in [3.8, 4) is 11.4 Å². The Labute approximate surface area is 105 Å². The molecule has 96 valence electrons. The second-order valence-corrected chi connectivity index (χ2v) is 3.89. The number of pyridine rings is 1. The van der Waals surface area contributed by atoms with Gasteiger partial charge in [0.1, 0.15) is 0 Å². The van der Waals surface area contributed by atoms with Crippen molar-refractivity contribution in [1.29, 1.82) is 0 Å². The third kappa shape index (κ3) is 1.70. The summed E-state index contributed by atoms with van der Waals surface area (Å²) in [4.78, 5) is 4.01. The van der Waals surface area contributed by atoms with E-state index >= 15 is 0 Å². The molecule has 7 heteroatoms. The molecule has 0 bridgehead atoms. The number of halogens is 3. The molecular formula is C12H7F3N4. The Morgan fingerprint density at radius 2 is 1.84 bits per heavy atom. The van der Waals surface area contributed by atoms with Gasteiger partial charge in [-0.3, -0.25) is 0 Å². The summed E-state index contributed by atoms with van der Waals surface area (Å²) in [5, 5.41) is 3.97. The zero-order valence-electron chi connectivity index (χ0n) is 9.44. The fraction of sp³-hybridized carbons (Fsp3) is 0. The van der Waals surface area contributed by atoms with Crippen LogP contribution in [0.15, 0.2) is 30.5 Å². The van der Waals surface area contributed by atoms with Gasteiger partial charge < -0.3 is 5.73 Å². The minimum atomic E-state index is -1.55. The van der Waals surface area contributed by atoms with Crippen LogP contribution in [0, 0.1) is 17.5 Å². The van der Waals surface area contributed by atoms with Crippen molar-refractivity contribution in [3.63, 3.8) is 0 Å². The molecule has 19 heavy (non-hydrogen) atoms. The molecule has 0 saturated carbocycles. The minimum absolute atomic E-state index is 0.0608. The summed E-state index contributed by atoms with van der Waals surface area (Å²) in [6.07, 6.45) is 1.57. The lowest BCUT2D eigenvalue weighted by Crippen LogP contribution is -1.95. The third-order valence-electron chi connectivity index (χ3n) is 2.67. The molecule has 4 nitrogen and oxygen atoms in total. The number of benzene rings is 1. The Balaban J connectivity index is 2.25. The largest absolute Gasteiger partial charge is 0.396 e. The zero-order valence-corrected chi connectivity index (χ0v) is 9.44. The number of hydrogen-bond donors (Lipinski definition) is 1. The molecule has 2 heterocycles. The zero-order chi connectivity index (χ0) is 13.6. The second-order valence-electron chi connectivity index (χ2n) is 3.89. The Morgan fingerprint density at radius 1 is 1.05 bits per heavy atom. The SMILES string of the molecule is Nc1cccn2nc(-c3ccc(F)c(F)c3F)nc12. The predicted octanol–water partition coefficient (Wildman–Crippen LogP) is 2.40. The number of nitrogens with two attached hydrogens (primary N) is 1. The van der Waals surface area contributed by atoms with Gasteiger partial charge in [0.05, 0.1) is 11.3 Å². The van der Waals surface area contributed by atoms with Gasteiger partial charge in [-0.15, -0.1) is 5.10 Å². The Kier molecular flexibility index (Phi) is 2.41. The summed E-state index contributed by atoms with van der Waals surface area (Å²) in [7, 11) is 0. The number of nitrogens with zero attached hydrogens (tertiary/aromatic N) is 3. The molecule has 0 saturated heterocycles. The molecular weight excluding hydrogens is 257 g/mol. The first kappa shape index (κ1) is 11.5. The molecule has 0 aliphatic rings. The van der Waals surface area contributed by atoms with Crippen LogP contribution in [0.25, 0.3) is 17.0 Å². The van der Waals surface area contributed by atoms with Crippen LogP contribution >= 0.6 is 0 Å². The summed E-state index contributed by atoms with van der Waals surface area (Å²) in [5.41, 5.74) is 6.14. The van der Waals surface area contributed by atoms with Crippen LogP contribution in [0.3, 0.4) is 0 Å². The fourth-order valence-electron chi connectivity index (χ4n) is 1.74. The average molecular weight is 264 g/mol. The molecule has 2 aromatic heterocycles. The van der Waals surface area contributed by atoms with Crippen LogP contribution < -0.4 is 5.73 Å². The molecule has 0 spiro atoms. The summed E-state index contributed by atoms with van der Waals surface area (Å²) in [6, 6.07) is 5.15. The predicted molar refractivity (Wildman–Crippen MR) is 62.7 cm³/mol. The van der Waals surface area contributed by atoms with Crippen molar-refractivity contribution >= 4 is 11.3 Å². The maximum absolute atomic E-state index is 13.6. The first-order valence-corrected chi connectivity index (χ1v) is 5.32. The maximum Gasteiger partial charge on any atom is 0.195 e. The first-order valence-electron chi connectivity index (χ1n) is 5.32. The lowest BCUT2D eigenvalue weighted by atomic mass is 10.2. The summed E-state index contributed by atoms with van der Waals surface area (Å²) in [6.45, 7) is 0. The number of rotatable bonds is 1. The van der Waals surface area contributed by atoms with E-state index in [1.807, 2.05) is 0 Å². The van der Waals surface area contributed by atoms with Gasteiger partial charge in [-0.05, 0) is 24.3 Å². The smallest absolute Gasteiger partial charge is 0.195 e. The minimum Gasteiger partial charge on any atom is -0.396 e. The van der Waals surface area contributed by atoms with E-state index in [0.717, 1.165) is 12.1 Å². The second kappa shape index (κ2) is 3.98. The van der Waals surface area contributed by atoms with E-state index in [9.17, 15) is 13.2 Å². The highest BCUT2D eigenvalue weighted by molar-refractivity contribution is 5.68. The van der Waals surface area contributed by atoms with E-state index in [2.05, 4.69) is 10.1 Å². The topological polar surface area (TPSA) is 56.2 Å². The Bertz CT molecular complexity index is 782. The molecule has 0 radical (unpaired) electrons. The molecule has 2 N–H and O–H groups in total. The monoisotopic (exact) mass is 264 g/mol. The van der Waals surface area contributed by atoms with Crippen molar-refractivity contribution in [3.05, 3.63) is 47.9 Å². The van der Waals surface area contributed by atoms with E-state index in [0.29, 0.717) is 11.3 Å². The quantitative estimate of drug-likeness (QED) is 0.686. The first-order chi connectivity index (χ1) is 9.08. The molecule has 0 aliphatic heterocycles. The van der Waals surface area contributed by atoms with Gasteiger partial charge in [-0.25, -0.2) is 22.7 Å². The van der Waals surface area contributed by atoms with Gasteiger partial charge in [0.15, 0.2) is 28.9 Å². The third-order valence-corrected chi connectivity index (χ3v) is 2.67. The maximum atomic E-state index is 13.6. The van der Waals surface area contributed by atoms with Gasteiger partial charge in [-0.2, -0.15) is 0 Å². The summed E-state index contributed by atoms with van der Waals surface area (Å²) in [5.74, 6) is -4.20. The van der Waals surface area contributed by atoms with Crippen molar-refractivity contribution < 1.29 is 13.2 Å². The normalized spacial score (nSPS) is 11.1. The van der Waals surface area contributed by atoms with Crippen LogP contribution in [0.4, 0.5) is 18.9 Å². The molecule has 3 rings (SSSR count). The molecule has 0 unspecified atom stereocenters. The Hall–Kier alpha value is -2.57. The molecule has 1 aromatic carbocycles. The average Bonchev–Trinajstić information content (AvgIpc) is 2.81. The van der Waals surface area contributed by atoms with E-state index in [4.69, 9.17) is 5.73 Å². The molecule has 0 fully saturated rings. The van der Waals surface area contributed by atoms with Crippen LogP contribution in [-0.2, 0) is 0 Å². The highest BCUT2D eigenvalue weighted by Crippen LogP contribution is 2.24. The van der Waals surface area contributed by atoms with Gasteiger partial charge >= 0.3 is 0 Å². The fourth-order valence-corrected chi connectivity index (χ4v) is 1.74. The molecule has 0 aliphatic carbocycles. The highest BCUT2D eigenvalue weighted by Gasteiger charge is 2.18. The van der Waals surface area contributed by atoms with Crippen LogP contribution in [0.2, 0.25) is 0 Å². The molecule has 0 amide bonds. The number of aromatic nitrogens is 3. The van der Waals surface area contributed by atoms with Gasteiger partial charge in [-0.1, -0.05) is 0 Å². The van der Waals surface area contributed by atoms with Crippen molar-refractivity contribution in [2.24, 2.45) is 0 Å². The van der Waals surface area contributed by atoms with Crippen LogP contribution in [0.5, 0.6) is 0 Å². The van der Waals surface area contributed by atoms with E-state index in [-0.39, 0.29) is 11.4 Å². The number of hydrogen-bond acceptors (Lipinski definition) is 3. The van der Waals surface area contributed by atoms with Gasteiger partial charge in [0.2, 0.25) is 0 Å². The summed E-state index contributed by atoms with van der Waals surface area (Å²) >= 11 is 0. The molecule has 3 aromatic rings. The van der Waals surface area contributed by atoms with Gasteiger partial charge in [0, 0.05) is 6.20 Å². The van der Waals surface area contributed by atoms with E-state index in [1.165, 1.54) is 4.52 Å². The van der Waals surface area contributed by atoms with Crippen molar-refractivity contribution in [1.82, 2.24) is 14.6 Å². The van der Waals surface area contributed by atoms with Crippen molar-refractivity contribution in [2.45, 2.75) is 0 Å².